The first-order valence-electron chi connectivity index (χ1n) is 6.29. The third-order valence-electron chi connectivity index (χ3n) is 3.15. The van der Waals surface area contributed by atoms with E-state index in [4.69, 9.17) is 4.52 Å². The summed E-state index contributed by atoms with van der Waals surface area (Å²) in [7, 11) is 1.61. The average Bonchev–Trinajstić information content (AvgIpc) is 2.97. The highest BCUT2D eigenvalue weighted by atomic mass is 16.5. The number of amides is 2. The molecule has 1 aromatic rings. The molecule has 0 aromatic carbocycles. The fourth-order valence-corrected chi connectivity index (χ4v) is 2.27. The Bertz CT molecular complexity index is 471. The number of likely N-dealkylation sites (tertiary alicyclic amines) is 1. The van der Waals surface area contributed by atoms with Crippen molar-refractivity contribution < 1.29 is 14.1 Å². The molecule has 1 aliphatic rings. The summed E-state index contributed by atoms with van der Waals surface area (Å²) in [6.45, 7) is 2.69. The van der Waals surface area contributed by atoms with Gasteiger partial charge < -0.3 is 15.2 Å². The molecule has 0 aliphatic carbocycles. The third-order valence-corrected chi connectivity index (χ3v) is 3.15. The zero-order valence-corrected chi connectivity index (χ0v) is 11.1. The number of carbonyl (C=O) groups is 2. The summed E-state index contributed by atoms with van der Waals surface area (Å²) < 4.78 is 4.87. The molecule has 7 heteroatoms. The fourth-order valence-electron chi connectivity index (χ4n) is 2.27. The van der Waals surface area contributed by atoms with Crippen molar-refractivity contribution in [3.8, 4) is 0 Å². The van der Waals surface area contributed by atoms with Crippen LogP contribution in [0.4, 0.5) is 5.82 Å². The number of rotatable bonds is 4. The minimum atomic E-state index is -0.213. The topological polar surface area (TPSA) is 87.5 Å². The summed E-state index contributed by atoms with van der Waals surface area (Å²) in [6.07, 6.45) is 1.71. The summed E-state index contributed by atoms with van der Waals surface area (Å²) in [4.78, 5) is 25.4. The van der Waals surface area contributed by atoms with E-state index in [2.05, 4.69) is 15.8 Å². The molecule has 1 aliphatic heterocycles. The Labute approximate surface area is 111 Å². The fraction of sp³-hybridized carbons (Fsp3) is 0.583. The molecule has 1 atom stereocenters. The van der Waals surface area contributed by atoms with Gasteiger partial charge in [-0.2, -0.15) is 0 Å². The number of aromatic nitrogens is 1. The van der Waals surface area contributed by atoms with E-state index in [9.17, 15) is 9.59 Å². The van der Waals surface area contributed by atoms with Crippen LogP contribution in [0.15, 0.2) is 10.6 Å². The summed E-state index contributed by atoms with van der Waals surface area (Å²) in [5.74, 6) is 0.810. The van der Waals surface area contributed by atoms with E-state index in [1.165, 1.54) is 0 Å². The lowest BCUT2D eigenvalue weighted by Gasteiger charge is -2.21. The predicted molar refractivity (Wildman–Crippen MR) is 68.5 cm³/mol. The van der Waals surface area contributed by atoms with Gasteiger partial charge in [0, 0.05) is 13.1 Å². The zero-order chi connectivity index (χ0) is 13.8. The van der Waals surface area contributed by atoms with Gasteiger partial charge in [-0.15, -0.1) is 0 Å². The molecule has 1 aromatic heterocycles. The molecule has 2 rings (SSSR count). The Morgan fingerprint density at radius 2 is 2.37 bits per heavy atom. The maximum Gasteiger partial charge on any atom is 0.239 e. The smallest absolute Gasteiger partial charge is 0.239 e. The normalized spacial score (nSPS) is 19.4. The van der Waals surface area contributed by atoms with Gasteiger partial charge in [-0.25, -0.2) is 0 Å². The van der Waals surface area contributed by atoms with E-state index >= 15 is 0 Å². The van der Waals surface area contributed by atoms with Crippen molar-refractivity contribution in [1.82, 2.24) is 15.4 Å². The lowest BCUT2D eigenvalue weighted by atomic mass is 10.2. The van der Waals surface area contributed by atoms with Crippen molar-refractivity contribution in [1.29, 1.82) is 0 Å². The molecule has 2 heterocycles. The highest BCUT2D eigenvalue weighted by Gasteiger charge is 2.31. The number of nitrogens with one attached hydrogen (secondary N) is 2. The van der Waals surface area contributed by atoms with Crippen LogP contribution < -0.4 is 10.6 Å². The Hall–Kier alpha value is -1.89. The standard InChI is InChI=1S/C12H18N4O3/c1-8-6-10(15-19-8)14-11(17)7-16-5-3-4-9(16)12(18)13-2/h6,9H,3-5,7H2,1-2H3,(H,13,18)(H,14,15,17). The first-order valence-corrected chi connectivity index (χ1v) is 6.29. The molecule has 104 valence electrons. The minimum Gasteiger partial charge on any atom is -0.360 e. The summed E-state index contributed by atoms with van der Waals surface area (Å²) in [5, 5.41) is 8.97. The summed E-state index contributed by atoms with van der Waals surface area (Å²) >= 11 is 0. The molecular weight excluding hydrogens is 248 g/mol. The molecule has 0 radical (unpaired) electrons. The Morgan fingerprint density at radius 3 is 3.00 bits per heavy atom. The van der Waals surface area contributed by atoms with Gasteiger partial charge in [-0.05, 0) is 26.3 Å². The van der Waals surface area contributed by atoms with Gasteiger partial charge in [0.25, 0.3) is 0 Å². The number of anilines is 1. The SMILES string of the molecule is CNC(=O)C1CCCN1CC(=O)Nc1cc(C)on1. The van der Waals surface area contributed by atoms with Gasteiger partial charge >= 0.3 is 0 Å². The molecule has 0 spiro atoms. The Morgan fingerprint density at radius 1 is 1.58 bits per heavy atom. The van der Waals surface area contributed by atoms with Crippen LogP contribution in [-0.2, 0) is 9.59 Å². The Balaban J connectivity index is 1.89. The summed E-state index contributed by atoms with van der Waals surface area (Å²) in [5.41, 5.74) is 0. The highest BCUT2D eigenvalue weighted by Crippen LogP contribution is 2.17. The van der Waals surface area contributed by atoms with Crippen molar-refractivity contribution in [2.24, 2.45) is 0 Å². The molecule has 7 nitrogen and oxygen atoms in total. The van der Waals surface area contributed by atoms with Crippen LogP contribution >= 0.6 is 0 Å². The van der Waals surface area contributed by atoms with Crippen molar-refractivity contribution in [2.75, 3.05) is 25.5 Å². The second-order valence-electron chi connectivity index (χ2n) is 4.61. The van der Waals surface area contributed by atoms with Gasteiger partial charge in [-0.3, -0.25) is 14.5 Å². The van der Waals surface area contributed by atoms with Gasteiger partial charge in [0.2, 0.25) is 11.8 Å². The van der Waals surface area contributed by atoms with E-state index in [0.29, 0.717) is 11.6 Å². The van der Waals surface area contributed by atoms with Crippen LogP contribution in [0.2, 0.25) is 0 Å². The molecule has 0 bridgehead atoms. The number of aryl methyl sites for hydroxylation is 1. The monoisotopic (exact) mass is 266 g/mol. The van der Waals surface area contributed by atoms with Gasteiger partial charge in [0.1, 0.15) is 5.76 Å². The number of hydrogen-bond acceptors (Lipinski definition) is 5. The van der Waals surface area contributed by atoms with Crippen molar-refractivity contribution in [3.63, 3.8) is 0 Å². The zero-order valence-electron chi connectivity index (χ0n) is 11.1. The van der Waals surface area contributed by atoms with Crippen LogP contribution in [0.3, 0.4) is 0 Å². The van der Waals surface area contributed by atoms with E-state index in [1.807, 2.05) is 4.90 Å². The van der Waals surface area contributed by atoms with E-state index in [-0.39, 0.29) is 24.4 Å². The number of hydrogen-bond donors (Lipinski definition) is 2. The Kier molecular flexibility index (Phi) is 4.16. The molecular formula is C12H18N4O3. The molecule has 2 N–H and O–H groups in total. The molecule has 1 saturated heterocycles. The van der Waals surface area contributed by atoms with Crippen LogP contribution in [-0.4, -0.2) is 48.0 Å². The van der Waals surface area contributed by atoms with Crippen LogP contribution in [0.5, 0.6) is 0 Å². The number of carbonyl (C=O) groups excluding carboxylic acids is 2. The van der Waals surface area contributed by atoms with Crippen molar-refractivity contribution in [3.05, 3.63) is 11.8 Å². The van der Waals surface area contributed by atoms with E-state index in [0.717, 1.165) is 19.4 Å². The lowest BCUT2D eigenvalue weighted by molar-refractivity contribution is -0.126. The largest absolute Gasteiger partial charge is 0.360 e. The van der Waals surface area contributed by atoms with Crippen molar-refractivity contribution in [2.45, 2.75) is 25.8 Å². The number of likely N-dealkylation sites (N-methyl/N-ethyl adjacent to an activating group) is 1. The van der Waals surface area contributed by atoms with E-state index < -0.39 is 0 Å². The van der Waals surface area contributed by atoms with Crippen LogP contribution in [0.25, 0.3) is 0 Å². The first-order chi connectivity index (χ1) is 9.10. The maximum atomic E-state index is 11.9. The van der Waals surface area contributed by atoms with Gasteiger partial charge in [0.15, 0.2) is 5.82 Å². The maximum absolute atomic E-state index is 11.9. The third kappa shape index (κ3) is 3.31. The minimum absolute atomic E-state index is 0.0393. The highest BCUT2D eigenvalue weighted by molar-refractivity contribution is 5.92. The quantitative estimate of drug-likeness (QED) is 0.809. The second kappa shape index (κ2) is 5.83. The van der Waals surface area contributed by atoms with Crippen molar-refractivity contribution >= 4 is 17.6 Å². The van der Waals surface area contributed by atoms with Crippen LogP contribution in [0.1, 0.15) is 18.6 Å². The van der Waals surface area contributed by atoms with Crippen LogP contribution in [0, 0.1) is 6.92 Å². The summed E-state index contributed by atoms with van der Waals surface area (Å²) in [6, 6.07) is 1.44. The predicted octanol–water partition coefficient (Wildman–Crippen LogP) is 0.132. The average molecular weight is 266 g/mol. The first kappa shape index (κ1) is 13.5. The van der Waals surface area contributed by atoms with Gasteiger partial charge in [-0.1, -0.05) is 5.16 Å². The van der Waals surface area contributed by atoms with E-state index in [1.54, 1.807) is 20.0 Å². The lowest BCUT2D eigenvalue weighted by Crippen LogP contribution is -2.45. The molecule has 2 amide bonds. The molecule has 1 unspecified atom stereocenters. The van der Waals surface area contributed by atoms with Gasteiger partial charge in [0.05, 0.1) is 12.6 Å². The molecule has 19 heavy (non-hydrogen) atoms. The molecule has 0 saturated carbocycles. The molecule has 1 fully saturated rings. The number of nitrogens with zero attached hydrogens (tertiary/aromatic N) is 2. The second-order valence-corrected chi connectivity index (χ2v) is 4.61.